The molecule has 1 aliphatic carbocycles. The molecular weight excluding hydrogens is 340 g/mol. The fourth-order valence-electron chi connectivity index (χ4n) is 3.70. The van der Waals surface area contributed by atoms with Gasteiger partial charge in [-0.15, -0.1) is 0 Å². The van der Waals surface area contributed by atoms with Gasteiger partial charge in [0.15, 0.2) is 5.78 Å². The van der Waals surface area contributed by atoms with E-state index in [1.54, 1.807) is 6.07 Å². The maximum absolute atomic E-state index is 12.6. The second-order valence-electron chi connectivity index (χ2n) is 6.24. The summed E-state index contributed by atoms with van der Waals surface area (Å²) in [4.78, 5) is 52.4. The van der Waals surface area contributed by atoms with Crippen LogP contribution in [0.5, 0.6) is 0 Å². The summed E-state index contributed by atoms with van der Waals surface area (Å²) in [6.07, 6.45) is 1.51. The van der Waals surface area contributed by atoms with Crippen LogP contribution in [0.15, 0.2) is 45.1 Å². The number of nitro benzene ring substituents is 1. The average molecular weight is 354 g/mol. The highest BCUT2D eigenvalue weighted by molar-refractivity contribution is 6.01. The molecule has 0 saturated heterocycles. The third kappa shape index (κ3) is 2.36. The lowest BCUT2D eigenvalue weighted by Crippen LogP contribution is -2.36. The van der Waals surface area contributed by atoms with Gasteiger partial charge in [-0.2, -0.15) is 0 Å². The second kappa shape index (κ2) is 5.80. The summed E-state index contributed by atoms with van der Waals surface area (Å²) < 4.78 is 0. The Labute approximate surface area is 145 Å². The molecule has 3 N–H and O–H groups in total. The first-order valence-corrected chi connectivity index (χ1v) is 8.10. The molecule has 132 valence electrons. The van der Waals surface area contributed by atoms with Gasteiger partial charge in [-0.3, -0.25) is 29.7 Å². The molecule has 0 radical (unpaired) electrons. The van der Waals surface area contributed by atoms with Crippen molar-refractivity contribution < 1.29 is 9.72 Å². The number of carbonyl (C=O) groups is 1. The summed E-state index contributed by atoms with van der Waals surface area (Å²) in [5.41, 5.74) is -0.235. The van der Waals surface area contributed by atoms with Crippen LogP contribution >= 0.6 is 0 Å². The first-order valence-electron chi connectivity index (χ1n) is 8.10. The van der Waals surface area contributed by atoms with Crippen LogP contribution in [0.1, 0.15) is 36.3 Å². The van der Waals surface area contributed by atoms with E-state index in [2.05, 4.69) is 15.3 Å². The maximum Gasteiger partial charge on any atom is 0.327 e. The number of allylic oxidation sites excluding steroid dienone is 2. The Morgan fingerprint density at radius 2 is 1.85 bits per heavy atom. The summed E-state index contributed by atoms with van der Waals surface area (Å²) in [5.74, 6) is -0.884. The minimum Gasteiger partial charge on any atom is -0.344 e. The van der Waals surface area contributed by atoms with E-state index in [4.69, 9.17) is 0 Å². The molecule has 2 aliphatic rings. The molecular formula is C17H14N4O5. The molecule has 1 aromatic heterocycles. The summed E-state index contributed by atoms with van der Waals surface area (Å²) in [5, 5.41) is 14.5. The number of nitrogens with one attached hydrogen (secondary N) is 3. The van der Waals surface area contributed by atoms with Crippen LogP contribution in [0.4, 0.5) is 11.5 Å². The van der Waals surface area contributed by atoms with Crippen LogP contribution in [0.3, 0.4) is 0 Å². The lowest BCUT2D eigenvalue weighted by molar-refractivity contribution is -0.385. The Morgan fingerprint density at radius 3 is 2.62 bits per heavy atom. The maximum atomic E-state index is 12.6. The predicted octanol–water partition coefficient (Wildman–Crippen LogP) is 1.54. The number of hydrogen-bond acceptors (Lipinski definition) is 6. The van der Waals surface area contributed by atoms with Crippen LogP contribution in [0.25, 0.3) is 0 Å². The van der Waals surface area contributed by atoms with Crippen molar-refractivity contribution in [2.45, 2.75) is 25.2 Å². The summed E-state index contributed by atoms with van der Waals surface area (Å²) in [7, 11) is 0. The van der Waals surface area contributed by atoms with Gasteiger partial charge in [0.1, 0.15) is 5.82 Å². The van der Waals surface area contributed by atoms with E-state index in [1.807, 2.05) is 0 Å². The van der Waals surface area contributed by atoms with Gasteiger partial charge in [-0.25, -0.2) is 4.79 Å². The average Bonchev–Trinajstić information content (AvgIpc) is 2.60. The van der Waals surface area contributed by atoms with E-state index < -0.39 is 22.1 Å². The number of anilines is 1. The fourth-order valence-corrected chi connectivity index (χ4v) is 3.70. The van der Waals surface area contributed by atoms with Crippen molar-refractivity contribution in [1.82, 2.24) is 9.97 Å². The van der Waals surface area contributed by atoms with E-state index in [0.29, 0.717) is 30.5 Å². The molecule has 2 heterocycles. The Bertz CT molecular complexity index is 1090. The van der Waals surface area contributed by atoms with Gasteiger partial charge in [0.25, 0.3) is 11.2 Å². The normalized spacial score (nSPS) is 18.8. The van der Waals surface area contributed by atoms with Crippen molar-refractivity contribution >= 4 is 17.3 Å². The number of H-pyrrole nitrogens is 2. The molecule has 1 aromatic carbocycles. The number of aromatic nitrogens is 2. The van der Waals surface area contributed by atoms with Crippen molar-refractivity contribution in [2.24, 2.45) is 0 Å². The summed E-state index contributed by atoms with van der Waals surface area (Å²) in [6, 6.07) is 6.02. The number of nitro groups is 1. The Hall–Kier alpha value is -3.49. The molecule has 0 fully saturated rings. The molecule has 1 unspecified atom stereocenters. The van der Waals surface area contributed by atoms with E-state index in [0.717, 1.165) is 0 Å². The SMILES string of the molecule is O=C1CCCC2=C1C(c1ccccc1[N+](=O)[O-])c1c([nH]c(=O)[nH]c1=O)N2. The molecule has 1 atom stereocenters. The van der Waals surface area contributed by atoms with E-state index in [1.165, 1.54) is 18.2 Å². The highest BCUT2D eigenvalue weighted by atomic mass is 16.6. The molecule has 1 aliphatic heterocycles. The number of rotatable bonds is 2. The number of fused-ring (bicyclic) bond motifs is 1. The first-order chi connectivity index (χ1) is 12.5. The van der Waals surface area contributed by atoms with Crippen molar-refractivity contribution in [2.75, 3.05) is 5.32 Å². The number of Topliss-reactive ketones (excluding diaryl/α,β-unsaturated/α-hetero) is 1. The Balaban J connectivity index is 2.07. The molecule has 2 aromatic rings. The predicted molar refractivity (Wildman–Crippen MR) is 92.1 cm³/mol. The molecule has 9 nitrogen and oxygen atoms in total. The molecule has 0 bridgehead atoms. The van der Waals surface area contributed by atoms with E-state index in [9.17, 15) is 24.5 Å². The minimum absolute atomic E-state index is 0.105. The lowest BCUT2D eigenvalue weighted by Gasteiger charge is -2.32. The zero-order valence-corrected chi connectivity index (χ0v) is 13.5. The molecule has 0 spiro atoms. The number of ketones is 1. The zero-order valence-electron chi connectivity index (χ0n) is 13.5. The second-order valence-corrected chi connectivity index (χ2v) is 6.24. The largest absolute Gasteiger partial charge is 0.344 e. The molecule has 0 amide bonds. The fraction of sp³-hybridized carbons (Fsp3) is 0.235. The number of hydrogen-bond donors (Lipinski definition) is 3. The van der Waals surface area contributed by atoms with Gasteiger partial charge >= 0.3 is 5.69 Å². The molecule has 0 saturated carbocycles. The van der Waals surface area contributed by atoms with Crippen LogP contribution in [0.2, 0.25) is 0 Å². The first kappa shape index (κ1) is 16.0. The van der Waals surface area contributed by atoms with Gasteiger partial charge in [0.2, 0.25) is 0 Å². The third-order valence-electron chi connectivity index (χ3n) is 4.73. The van der Waals surface area contributed by atoms with Gasteiger partial charge in [-0.05, 0) is 12.8 Å². The number of para-hydroxylation sites is 1. The van der Waals surface area contributed by atoms with E-state index in [-0.39, 0.29) is 28.4 Å². The minimum atomic E-state index is -0.906. The van der Waals surface area contributed by atoms with Crippen molar-refractivity contribution in [3.8, 4) is 0 Å². The number of benzene rings is 1. The smallest absolute Gasteiger partial charge is 0.327 e. The summed E-state index contributed by atoms with van der Waals surface area (Å²) >= 11 is 0. The molecule has 9 heteroatoms. The highest BCUT2D eigenvalue weighted by Gasteiger charge is 2.40. The number of carbonyl (C=O) groups excluding carboxylic acids is 1. The molecule has 4 rings (SSSR count). The van der Waals surface area contributed by atoms with Crippen molar-refractivity contribution in [3.05, 3.63) is 77.6 Å². The van der Waals surface area contributed by atoms with Crippen molar-refractivity contribution in [3.63, 3.8) is 0 Å². The van der Waals surface area contributed by atoms with Gasteiger partial charge in [0, 0.05) is 29.3 Å². The highest BCUT2D eigenvalue weighted by Crippen LogP contribution is 2.45. The van der Waals surface area contributed by atoms with Crippen LogP contribution < -0.4 is 16.6 Å². The standard InChI is InChI=1S/C17H14N4O5/c22-11-7-3-5-9-13(11)12(8-4-1-2-6-10(8)21(25)26)14-15(18-9)19-17(24)20-16(14)23/h1-2,4,6,12H,3,5,7H2,(H3,18,19,20,23,24). The number of nitrogens with zero attached hydrogens (tertiary/aromatic N) is 1. The topological polar surface area (TPSA) is 138 Å². The van der Waals surface area contributed by atoms with Gasteiger partial charge in [0.05, 0.1) is 16.4 Å². The Kier molecular flexibility index (Phi) is 3.57. The summed E-state index contributed by atoms with van der Waals surface area (Å²) in [6.45, 7) is 0. The monoisotopic (exact) mass is 354 g/mol. The number of aromatic amines is 2. The van der Waals surface area contributed by atoms with Crippen LogP contribution in [-0.2, 0) is 4.79 Å². The van der Waals surface area contributed by atoms with Crippen molar-refractivity contribution in [1.29, 1.82) is 0 Å². The molecule has 26 heavy (non-hydrogen) atoms. The third-order valence-corrected chi connectivity index (χ3v) is 4.73. The lowest BCUT2D eigenvalue weighted by atomic mass is 9.76. The van der Waals surface area contributed by atoms with E-state index >= 15 is 0 Å². The van der Waals surface area contributed by atoms with Gasteiger partial charge < -0.3 is 5.32 Å². The Morgan fingerprint density at radius 1 is 1.08 bits per heavy atom. The zero-order chi connectivity index (χ0) is 18.4. The van der Waals surface area contributed by atoms with Gasteiger partial charge in [-0.1, -0.05) is 18.2 Å². The van der Waals surface area contributed by atoms with Crippen LogP contribution in [-0.4, -0.2) is 20.7 Å². The quantitative estimate of drug-likeness (QED) is 0.552. The van der Waals surface area contributed by atoms with Crippen LogP contribution in [0, 0.1) is 10.1 Å².